The van der Waals surface area contributed by atoms with Gasteiger partial charge in [-0.15, -0.1) is 0 Å². The highest BCUT2D eigenvalue weighted by Gasteiger charge is 2.12. The monoisotopic (exact) mass is 503 g/mol. The maximum atomic E-state index is 12.6. The average molecular weight is 504 g/mol. The average Bonchev–Trinajstić information content (AvgIpc) is 3.26. The summed E-state index contributed by atoms with van der Waals surface area (Å²) >= 11 is 0. The van der Waals surface area contributed by atoms with Crippen molar-refractivity contribution in [2.24, 2.45) is 0 Å². The van der Waals surface area contributed by atoms with Crippen LogP contribution in [-0.2, 0) is 13.0 Å². The van der Waals surface area contributed by atoms with E-state index in [4.69, 9.17) is 4.98 Å². The molecule has 0 spiro atoms. The molecule has 2 aromatic carbocycles. The van der Waals surface area contributed by atoms with Crippen LogP contribution in [0.25, 0.3) is 11.0 Å². The van der Waals surface area contributed by atoms with E-state index in [1.165, 1.54) is 95.4 Å². The van der Waals surface area contributed by atoms with Crippen molar-refractivity contribution in [3.05, 3.63) is 65.5 Å². The highest BCUT2D eigenvalue weighted by atomic mass is 16.1. The summed E-state index contributed by atoms with van der Waals surface area (Å²) in [7, 11) is 0. The second-order valence-corrected chi connectivity index (χ2v) is 10.6. The van der Waals surface area contributed by atoms with E-state index in [2.05, 4.69) is 41.1 Å². The largest absolute Gasteiger partial charge is 0.352 e. The Bertz CT molecular complexity index is 1050. The molecule has 37 heavy (non-hydrogen) atoms. The Balaban J connectivity index is 1.34. The maximum Gasteiger partial charge on any atom is 0.251 e. The lowest BCUT2D eigenvalue weighted by Gasteiger charge is -2.11. The van der Waals surface area contributed by atoms with Crippen molar-refractivity contribution >= 4 is 16.9 Å². The fraction of sp³-hybridized carbons (Fsp3) is 0.576. The fourth-order valence-electron chi connectivity index (χ4n) is 5.24. The summed E-state index contributed by atoms with van der Waals surface area (Å²) in [5, 5.41) is 3.09. The molecule has 0 aliphatic rings. The minimum absolute atomic E-state index is 0.00673. The van der Waals surface area contributed by atoms with Crippen LogP contribution in [0.1, 0.15) is 119 Å². The molecule has 3 aromatic rings. The maximum absolute atomic E-state index is 12.6. The normalized spacial score (nSPS) is 11.3. The van der Waals surface area contributed by atoms with Crippen LogP contribution >= 0.6 is 0 Å². The first-order valence-electron chi connectivity index (χ1n) is 15.0. The number of hydrogen-bond donors (Lipinski definition) is 1. The van der Waals surface area contributed by atoms with Gasteiger partial charge in [-0.3, -0.25) is 4.79 Å². The minimum atomic E-state index is -0.00673. The van der Waals surface area contributed by atoms with E-state index >= 15 is 0 Å². The second kappa shape index (κ2) is 17.0. The van der Waals surface area contributed by atoms with Crippen LogP contribution in [0.4, 0.5) is 0 Å². The van der Waals surface area contributed by atoms with Gasteiger partial charge in [0.2, 0.25) is 0 Å². The third-order valence-electron chi connectivity index (χ3n) is 7.49. The smallest absolute Gasteiger partial charge is 0.251 e. The number of benzene rings is 2. The number of nitrogens with zero attached hydrogens (tertiary/aromatic N) is 2. The number of aryl methyl sites for hydroxylation is 2. The van der Waals surface area contributed by atoms with Gasteiger partial charge in [0, 0.05) is 25.1 Å². The van der Waals surface area contributed by atoms with E-state index < -0.39 is 0 Å². The van der Waals surface area contributed by atoms with Crippen LogP contribution in [-0.4, -0.2) is 22.0 Å². The van der Waals surface area contributed by atoms with Crippen molar-refractivity contribution < 1.29 is 4.79 Å². The van der Waals surface area contributed by atoms with Gasteiger partial charge in [-0.05, 0) is 37.1 Å². The van der Waals surface area contributed by atoms with E-state index in [0.29, 0.717) is 6.54 Å². The number of imidazole rings is 1. The number of unbranched alkanes of at least 4 members (excludes halogenated alkanes) is 13. The number of fused-ring (bicyclic) bond motifs is 1. The molecular weight excluding hydrogens is 454 g/mol. The van der Waals surface area contributed by atoms with Gasteiger partial charge >= 0.3 is 0 Å². The van der Waals surface area contributed by atoms with Gasteiger partial charge < -0.3 is 9.88 Å². The summed E-state index contributed by atoms with van der Waals surface area (Å²) in [5.74, 6) is 1.06. The van der Waals surface area contributed by atoms with E-state index in [1.807, 2.05) is 31.2 Å². The van der Waals surface area contributed by atoms with Crippen LogP contribution in [0.15, 0.2) is 48.5 Å². The van der Waals surface area contributed by atoms with Gasteiger partial charge in [0.05, 0.1) is 11.0 Å². The second-order valence-electron chi connectivity index (χ2n) is 10.6. The zero-order chi connectivity index (χ0) is 26.1. The summed E-state index contributed by atoms with van der Waals surface area (Å²) in [4.78, 5) is 17.5. The molecule has 0 saturated carbocycles. The molecule has 202 valence electrons. The molecule has 1 heterocycles. The Hall–Kier alpha value is -2.62. The van der Waals surface area contributed by atoms with Gasteiger partial charge in [-0.25, -0.2) is 4.98 Å². The molecule has 1 N–H and O–H groups in total. The molecule has 0 unspecified atom stereocenters. The predicted octanol–water partition coefficient (Wildman–Crippen LogP) is 8.80. The molecule has 0 radical (unpaired) electrons. The molecule has 0 aliphatic heterocycles. The molecule has 0 atom stereocenters. The lowest BCUT2D eigenvalue weighted by Crippen LogP contribution is -2.27. The number of para-hydroxylation sites is 2. The van der Waals surface area contributed by atoms with Crippen LogP contribution in [0.3, 0.4) is 0 Å². The Labute approximate surface area is 225 Å². The topological polar surface area (TPSA) is 46.9 Å². The molecular formula is C33H49N3O. The quantitative estimate of drug-likeness (QED) is 0.166. The molecule has 0 fully saturated rings. The van der Waals surface area contributed by atoms with Crippen molar-refractivity contribution in [3.8, 4) is 0 Å². The molecule has 1 aromatic heterocycles. The number of amides is 1. The van der Waals surface area contributed by atoms with E-state index in [9.17, 15) is 4.79 Å². The number of aromatic nitrogens is 2. The summed E-state index contributed by atoms with van der Waals surface area (Å²) in [6, 6.07) is 16.1. The van der Waals surface area contributed by atoms with Gasteiger partial charge in [-0.2, -0.15) is 0 Å². The van der Waals surface area contributed by atoms with Gasteiger partial charge in [0.25, 0.3) is 5.91 Å². The van der Waals surface area contributed by atoms with Gasteiger partial charge in [-0.1, -0.05) is 121 Å². The zero-order valence-electron chi connectivity index (χ0n) is 23.4. The van der Waals surface area contributed by atoms with Crippen molar-refractivity contribution in [2.45, 2.75) is 117 Å². The Morgan fingerprint density at radius 3 is 1.97 bits per heavy atom. The first-order valence-corrected chi connectivity index (χ1v) is 15.0. The van der Waals surface area contributed by atoms with Crippen LogP contribution < -0.4 is 5.32 Å². The third-order valence-corrected chi connectivity index (χ3v) is 7.49. The Kier molecular flexibility index (Phi) is 13.3. The van der Waals surface area contributed by atoms with E-state index in [0.717, 1.165) is 35.4 Å². The van der Waals surface area contributed by atoms with Crippen molar-refractivity contribution in [3.63, 3.8) is 0 Å². The molecule has 0 bridgehead atoms. The molecule has 4 nitrogen and oxygen atoms in total. The van der Waals surface area contributed by atoms with Crippen molar-refractivity contribution in [1.29, 1.82) is 0 Å². The van der Waals surface area contributed by atoms with E-state index in [-0.39, 0.29) is 5.91 Å². The van der Waals surface area contributed by atoms with Crippen molar-refractivity contribution in [2.75, 3.05) is 6.54 Å². The summed E-state index contributed by atoms with van der Waals surface area (Å²) in [5.41, 5.74) is 4.01. The highest BCUT2D eigenvalue weighted by Crippen LogP contribution is 2.19. The van der Waals surface area contributed by atoms with Crippen LogP contribution in [0, 0.1) is 6.92 Å². The first-order chi connectivity index (χ1) is 18.2. The molecule has 1 amide bonds. The molecule has 4 heteroatoms. The highest BCUT2D eigenvalue weighted by molar-refractivity contribution is 5.95. The first kappa shape index (κ1) is 28.9. The van der Waals surface area contributed by atoms with E-state index in [1.54, 1.807) is 0 Å². The predicted molar refractivity (Wildman–Crippen MR) is 157 cm³/mol. The third kappa shape index (κ3) is 9.98. The van der Waals surface area contributed by atoms with Crippen molar-refractivity contribution in [1.82, 2.24) is 14.9 Å². The summed E-state index contributed by atoms with van der Waals surface area (Å²) in [6.07, 6.45) is 20.0. The molecule has 3 rings (SSSR count). The Morgan fingerprint density at radius 1 is 0.757 bits per heavy atom. The van der Waals surface area contributed by atoms with Crippen LogP contribution in [0.5, 0.6) is 0 Å². The van der Waals surface area contributed by atoms with Gasteiger partial charge in [0.15, 0.2) is 0 Å². The molecule has 0 saturated heterocycles. The number of carbonyl (C=O) groups is 1. The van der Waals surface area contributed by atoms with Gasteiger partial charge in [0.1, 0.15) is 5.82 Å². The number of rotatable bonds is 19. The lowest BCUT2D eigenvalue weighted by molar-refractivity contribution is 0.0953. The number of carbonyl (C=O) groups excluding carboxylic acids is 1. The Morgan fingerprint density at radius 2 is 1.32 bits per heavy atom. The molecule has 0 aliphatic carbocycles. The van der Waals surface area contributed by atoms with Crippen LogP contribution in [0.2, 0.25) is 0 Å². The SMILES string of the molecule is CCCCCCCCCCCCCCCCn1c(CCNC(=O)c2ccccc2C)nc2ccccc21. The standard InChI is InChI=1S/C33H49N3O/c1-3-4-5-6-7-8-9-10-11-12-13-14-15-20-27-36-31-24-19-18-23-30(31)35-32(36)25-26-34-33(37)29-22-17-16-21-28(29)2/h16-19,21-24H,3-15,20,25-27H2,1-2H3,(H,34,37). The number of nitrogens with one attached hydrogen (secondary N) is 1. The summed E-state index contributed by atoms with van der Waals surface area (Å²) < 4.78 is 2.37. The summed E-state index contributed by atoms with van der Waals surface area (Å²) in [6.45, 7) is 5.86. The number of hydrogen-bond acceptors (Lipinski definition) is 2. The fourth-order valence-corrected chi connectivity index (χ4v) is 5.24. The minimum Gasteiger partial charge on any atom is -0.352 e. The zero-order valence-corrected chi connectivity index (χ0v) is 23.4. The lowest BCUT2D eigenvalue weighted by atomic mass is 10.0.